The minimum Gasteiger partial charge on any atom is -0.329 e. The third-order valence-electron chi connectivity index (χ3n) is 4.08. The van der Waals surface area contributed by atoms with Gasteiger partial charge in [0.1, 0.15) is 0 Å². The van der Waals surface area contributed by atoms with Crippen molar-refractivity contribution in [3.05, 3.63) is 0 Å². The maximum atomic E-state index is 5.93. The average Bonchev–Trinajstić information content (AvgIpc) is 3.03. The molecule has 0 saturated heterocycles. The Morgan fingerprint density at radius 1 is 1.14 bits per heavy atom. The van der Waals surface area contributed by atoms with E-state index in [4.69, 9.17) is 5.73 Å². The predicted octanol–water partition coefficient (Wildman–Crippen LogP) is 1.99. The van der Waals surface area contributed by atoms with Crippen molar-refractivity contribution in [2.24, 2.45) is 11.7 Å². The summed E-state index contributed by atoms with van der Waals surface area (Å²) in [5.41, 5.74) is 5.93. The van der Waals surface area contributed by atoms with E-state index in [0.717, 1.165) is 18.5 Å². The van der Waals surface area contributed by atoms with Crippen molar-refractivity contribution in [1.29, 1.82) is 0 Å². The van der Waals surface area contributed by atoms with Crippen LogP contribution in [0.1, 0.15) is 44.9 Å². The van der Waals surface area contributed by atoms with Crippen LogP contribution in [0.25, 0.3) is 0 Å². The van der Waals surface area contributed by atoms with Crippen molar-refractivity contribution < 1.29 is 0 Å². The predicted molar refractivity (Wildman–Crippen MR) is 60.2 cm³/mol. The fourth-order valence-corrected chi connectivity index (χ4v) is 2.96. The second-order valence-corrected chi connectivity index (χ2v) is 5.10. The molecule has 0 spiro atoms. The van der Waals surface area contributed by atoms with Gasteiger partial charge in [0.2, 0.25) is 0 Å². The number of hydrogen-bond donors (Lipinski definition) is 1. The minimum absolute atomic E-state index is 0.669. The van der Waals surface area contributed by atoms with E-state index < -0.39 is 0 Å². The van der Waals surface area contributed by atoms with Crippen LogP contribution in [0.15, 0.2) is 0 Å². The number of likely N-dealkylation sites (N-methyl/N-ethyl adjacent to an activating group) is 1. The van der Waals surface area contributed by atoms with Crippen LogP contribution in [0.4, 0.5) is 0 Å². The summed E-state index contributed by atoms with van der Waals surface area (Å²) in [5.74, 6) is 0.888. The van der Waals surface area contributed by atoms with Crippen molar-refractivity contribution in [2.75, 3.05) is 13.6 Å². The number of nitrogens with zero attached hydrogens (tertiary/aromatic N) is 1. The Hall–Kier alpha value is -0.0800. The molecule has 0 heterocycles. The van der Waals surface area contributed by atoms with E-state index in [-0.39, 0.29) is 0 Å². The first-order valence-electron chi connectivity index (χ1n) is 6.25. The van der Waals surface area contributed by atoms with Gasteiger partial charge in [0.05, 0.1) is 0 Å². The molecule has 0 aromatic carbocycles. The monoisotopic (exact) mass is 196 g/mol. The zero-order valence-corrected chi connectivity index (χ0v) is 9.41. The van der Waals surface area contributed by atoms with Gasteiger partial charge in [-0.3, -0.25) is 4.90 Å². The van der Waals surface area contributed by atoms with Crippen LogP contribution in [0.5, 0.6) is 0 Å². The van der Waals surface area contributed by atoms with Crippen molar-refractivity contribution >= 4 is 0 Å². The van der Waals surface area contributed by atoms with Crippen LogP contribution in [0.2, 0.25) is 0 Å². The van der Waals surface area contributed by atoms with Crippen LogP contribution >= 0.6 is 0 Å². The highest BCUT2D eigenvalue weighted by Gasteiger charge is 2.34. The lowest BCUT2D eigenvalue weighted by Gasteiger charge is -2.36. The summed E-state index contributed by atoms with van der Waals surface area (Å²) >= 11 is 0. The van der Waals surface area contributed by atoms with E-state index in [9.17, 15) is 0 Å². The lowest BCUT2D eigenvalue weighted by atomic mass is 9.83. The van der Waals surface area contributed by atoms with E-state index in [2.05, 4.69) is 11.9 Å². The molecule has 2 rings (SSSR count). The highest BCUT2D eigenvalue weighted by Crippen LogP contribution is 2.33. The molecule has 2 heteroatoms. The summed E-state index contributed by atoms with van der Waals surface area (Å²) in [7, 11) is 2.28. The SMILES string of the molecule is CN(C1CC1)C(CN)C1CCCCC1. The Labute approximate surface area is 87.8 Å². The Balaban J connectivity index is 1.89. The Kier molecular flexibility index (Phi) is 3.45. The third kappa shape index (κ3) is 2.29. The van der Waals surface area contributed by atoms with Gasteiger partial charge in [-0.1, -0.05) is 19.3 Å². The van der Waals surface area contributed by atoms with Gasteiger partial charge in [0.25, 0.3) is 0 Å². The average molecular weight is 196 g/mol. The molecule has 2 saturated carbocycles. The second-order valence-electron chi connectivity index (χ2n) is 5.10. The summed E-state index contributed by atoms with van der Waals surface area (Å²) in [5, 5.41) is 0. The fourth-order valence-electron chi connectivity index (χ4n) is 2.96. The first kappa shape index (κ1) is 10.4. The molecule has 82 valence electrons. The molecule has 2 nitrogen and oxygen atoms in total. The fraction of sp³-hybridized carbons (Fsp3) is 1.00. The molecule has 2 N–H and O–H groups in total. The molecular weight excluding hydrogens is 172 g/mol. The third-order valence-corrected chi connectivity index (χ3v) is 4.08. The molecule has 0 aliphatic heterocycles. The maximum Gasteiger partial charge on any atom is 0.0246 e. The van der Waals surface area contributed by atoms with Gasteiger partial charge in [-0.15, -0.1) is 0 Å². The molecule has 2 aliphatic carbocycles. The maximum absolute atomic E-state index is 5.93. The van der Waals surface area contributed by atoms with Gasteiger partial charge in [-0.2, -0.15) is 0 Å². The van der Waals surface area contributed by atoms with Crippen LogP contribution in [-0.2, 0) is 0 Å². The summed E-state index contributed by atoms with van der Waals surface area (Å²) in [6, 6.07) is 1.54. The number of hydrogen-bond acceptors (Lipinski definition) is 2. The van der Waals surface area contributed by atoms with Crippen molar-refractivity contribution in [3.8, 4) is 0 Å². The summed E-state index contributed by atoms with van der Waals surface area (Å²) in [6.45, 7) is 0.859. The van der Waals surface area contributed by atoms with E-state index in [0.29, 0.717) is 6.04 Å². The zero-order valence-electron chi connectivity index (χ0n) is 9.41. The first-order chi connectivity index (χ1) is 6.83. The van der Waals surface area contributed by atoms with E-state index in [1.807, 2.05) is 0 Å². The van der Waals surface area contributed by atoms with Crippen molar-refractivity contribution in [1.82, 2.24) is 4.90 Å². The van der Waals surface area contributed by atoms with Gasteiger partial charge >= 0.3 is 0 Å². The lowest BCUT2D eigenvalue weighted by Crippen LogP contribution is -2.45. The molecule has 14 heavy (non-hydrogen) atoms. The van der Waals surface area contributed by atoms with Crippen molar-refractivity contribution in [3.63, 3.8) is 0 Å². The molecule has 2 fully saturated rings. The summed E-state index contributed by atoms with van der Waals surface area (Å²) in [6.07, 6.45) is 9.94. The topological polar surface area (TPSA) is 29.3 Å². The largest absolute Gasteiger partial charge is 0.329 e. The van der Waals surface area contributed by atoms with Gasteiger partial charge in [0, 0.05) is 18.6 Å². The normalized spacial score (nSPS) is 26.8. The number of nitrogens with two attached hydrogens (primary N) is 1. The molecular formula is C12H24N2. The van der Waals surface area contributed by atoms with E-state index in [1.54, 1.807) is 0 Å². The van der Waals surface area contributed by atoms with Crippen LogP contribution in [0.3, 0.4) is 0 Å². The molecule has 0 aromatic heterocycles. The molecule has 0 aromatic rings. The molecule has 1 unspecified atom stereocenters. The standard InChI is InChI=1S/C12H24N2/c1-14(11-7-8-11)12(9-13)10-5-3-2-4-6-10/h10-12H,2-9,13H2,1H3. The Morgan fingerprint density at radius 2 is 1.79 bits per heavy atom. The molecule has 0 bridgehead atoms. The highest BCUT2D eigenvalue weighted by atomic mass is 15.2. The van der Waals surface area contributed by atoms with Crippen LogP contribution in [0, 0.1) is 5.92 Å². The highest BCUT2D eigenvalue weighted by molar-refractivity contribution is 4.90. The van der Waals surface area contributed by atoms with Gasteiger partial charge in [-0.25, -0.2) is 0 Å². The van der Waals surface area contributed by atoms with Gasteiger partial charge < -0.3 is 5.73 Å². The molecule has 2 aliphatic rings. The molecule has 1 atom stereocenters. The van der Waals surface area contributed by atoms with Gasteiger partial charge in [-0.05, 0) is 38.6 Å². The summed E-state index contributed by atoms with van der Waals surface area (Å²) in [4.78, 5) is 2.57. The molecule has 0 radical (unpaired) electrons. The van der Waals surface area contributed by atoms with Crippen molar-refractivity contribution in [2.45, 2.75) is 57.0 Å². The smallest absolute Gasteiger partial charge is 0.0246 e. The summed E-state index contributed by atoms with van der Waals surface area (Å²) < 4.78 is 0. The number of rotatable bonds is 4. The van der Waals surface area contributed by atoms with Gasteiger partial charge in [0.15, 0.2) is 0 Å². The van der Waals surface area contributed by atoms with E-state index in [1.165, 1.54) is 44.9 Å². The van der Waals surface area contributed by atoms with Crippen LogP contribution < -0.4 is 5.73 Å². The molecule has 0 amide bonds. The lowest BCUT2D eigenvalue weighted by molar-refractivity contribution is 0.142. The second kappa shape index (κ2) is 4.63. The zero-order chi connectivity index (χ0) is 9.97. The quantitative estimate of drug-likeness (QED) is 0.745. The first-order valence-corrected chi connectivity index (χ1v) is 6.25. The Bertz CT molecular complexity index is 171. The van der Waals surface area contributed by atoms with Crippen LogP contribution in [-0.4, -0.2) is 30.6 Å². The van der Waals surface area contributed by atoms with E-state index >= 15 is 0 Å². The minimum atomic E-state index is 0.669. The Morgan fingerprint density at radius 3 is 2.29 bits per heavy atom.